The van der Waals surface area contributed by atoms with Crippen LogP contribution in [0.25, 0.3) is 10.8 Å². The summed E-state index contributed by atoms with van der Waals surface area (Å²) in [6.07, 6.45) is 2.42. The molecule has 0 spiro atoms. The van der Waals surface area contributed by atoms with E-state index in [1.807, 2.05) is 25.1 Å². The molecule has 1 unspecified atom stereocenters. The molecule has 108 valence electrons. The van der Waals surface area contributed by atoms with Crippen molar-refractivity contribution in [1.82, 2.24) is 4.98 Å². The third kappa shape index (κ3) is 3.18. The van der Waals surface area contributed by atoms with Crippen LogP contribution < -0.4 is 11.1 Å². The highest BCUT2D eigenvalue weighted by molar-refractivity contribution is 6.00. The fourth-order valence-electron chi connectivity index (χ4n) is 2.27. The highest BCUT2D eigenvalue weighted by Crippen LogP contribution is 2.29. The number of ether oxygens (including phenoxy) is 1. The average Bonchev–Trinajstić information content (AvgIpc) is 2.42. The Balaban J connectivity index is 2.38. The maximum absolute atomic E-state index is 9.12. The zero-order chi connectivity index (χ0) is 14.5. The highest BCUT2D eigenvalue weighted by atomic mass is 16.5. The van der Waals surface area contributed by atoms with Crippen molar-refractivity contribution in [2.24, 2.45) is 0 Å². The molecule has 0 radical (unpaired) electrons. The Morgan fingerprint density at radius 1 is 1.40 bits per heavy atom. The Morgan fingerprint density at radius 2 is 2.20 bits per heavy atom. The standard InChI is InChI=1S/C15H21N3O2/c1-10-7-12-13(8-17-10)14(16)3-4-15(12)18-11(5-6-19)9-20-2/h3-4,7-8,11,18-19H,5-6,9,16H2,1-2H3. The van der Waals surface area contributed by atoms with Crippen LogP contribution in [0.2, 0.25) is 0 Å². The number of aliphatic hydroxyl groups excluding tert-OH is 1. The van der Waals surface area contributed by atoms with Gasteiger partial charge in [-0.15, -0.1) is 0 Å². The van der Waals surface area contributed by atoms with Crippen molar-refractivity contribution in [3.63, 3.8) is 0 Å². The van der Waals surface area contributed by atoms with Gasteiger partial charge in [-0.05, 0) is 31.5 Å². The van der Waals surface area contributed by atoms with Crippen molar-refractivity contribution in [2.75, 3.05) is 31.4 Å². The number of rotatable bonds is 6. The first-order chi connectivity index (χ1) is 9.65. The average molecular weight is 275 g/mol. The van der Waals surface area contributed by atoms with Crippen molar-refractivity contribution >= 4 is 22.1 Å². The lowest BCUT2D eigenvalue weighted by molar-refractivity contribution is 0.170. The summed E-state index contributed by atoms with van der Waals surface area (Å²) in [5, 5.41) is 14.5. The van der Waals surface area contributed by atoms with Crippen molar-refractivity contribution in [3.8, 4) is 0 Å². The van der Waals surface area contributed by atoms with E-state index >= 15 is 0 Å². The number of methoxy groups -OCH3 is 1. The number of aryl methyl sites for hydroxylation is 1. The largest absolute Gasteiger partial charge is 0.398 e. The van der Waals surface area contributed by atoms with Crippen LogP contribution >= 0.6 is 0 Å². The molecule has 2 rings (SSSR count). The maximum Gasteiger partial charge on any atom is 0.0664 e. The van der Waals surface area contributed by atoms with E-state index in [-0.39, 0.29) is 12.6 Å². The van der Waals surface area contributed by atoms with Gasteiger partial charge in [0.15, 0.2) is 0 Å². The lowest BCUT2D eigenvalue weighted by Crippen LogP contribution is -2.26. The summed E-state index contributed by atoms with van der Waals surface area (Å²) < 4.78 is 5.18. The summed E-state index contributed by atoms with van der Waals surface area (Å²) in [7, 11) is 1.65. The minimum absolute atomic E-state index is 0.0605. The number of nitrogens with one attached hydrogen (secondary N) is 1. The lowest BCUT2D eigenvalue weighted by Gasteiger charge is -2.20. The Kier molecular flexibility index (Phi) is 4.76. The van der Waals surface area contributed by atoms with E-state index in [0.717, 1.165) is 22.2 Å². The molecule has 1 aromatic carbocycles. The van der Waals surface area contributed by atoms with Gasteiger partial charge >= 0.3 is 0 Å². The van der Waals surface area contributed by atoms with Crippen LogP contribution in [0.3, 0.4) is 0 Å². The third-order valence-corrected chi connectivity index (χ3v) is 3.28. The number of aromatic nitrogens is 1. The van der Waals surface area contributed by atoms with Gasteiger partial charge in [0.2, 0.25) is 0 Å². The SMILES string of the molecule is COCC(CCO)Nc1ccc(N)c2cnc(C)cc12. The normalized spacial score (nSPS) is 12.6. The topological polar surface area (TPSA) is 80.4 Å². The van der Waals surface area contributed by atoms with Crippen molar-refractivity contribution in [1.29, 1.82) is 0 Å². The summed E-state index contributed by atoms with van der Waals surface area (Å²) in [6, 6.07) is 5.89. The molecule has 2 aromatic rings. The van der Waals surface area contributed by atoms with Crippen LogP contribution in [-0.2, 0) is 4.74 Å². The minimum atomic E-state index is 0.0605. The number of hydrogen-bond donors (Lipinski definition) is 3. The predicted octanol–water partition coefficient (Wildman–Crippen LogP) is 1.93. The first kappa shape index (κ1) is 14.6. The van der Waals surface area contributed by atoms with Crippen molar-refractivity contribution in [2.45, 2.75) is 19.4 Å². The quantitative estimate of drug-likeness (QED) is 0.702. The van der Waals surface area contributed by atoms with Crippen LogP contribution in [0.4, 0.5) is 11.4 Å². The van der Waals surface area contributed by atoms with Crippen LogP contribution in [-0.4, -0.2) is 36.5 Å². The van der Waals surface area contributed by atoms with E-state index in [9.17, 15) is 0 Å². The van der Waals surface area contributed by atoms with E-state index in [0.29, 0.717) is 18.7 Å². The Morgan fingerprint density at radius 3 is 2.90 bits per heavy atom. The van der Waals surface area contributed by atoms with Crippen LogP contribution in [0.15, 0.2) is 24.4 Å². The molecule has 0 bridgehead atoms. The number of fused-ring (bicyclic) bond motifs is 1. The highest BCUT2D eigenvalue weighted by Gasteiger charge is 2.11. The number of nitrogen functional groups attached to an aromatic ring is 1. The van der Waals surface area contributed by atoms with Gasteiger partial charge < -0.3 is 20.9 Å². The van der Waals surface area contributed by atoms with Gasteiger partial charge in [-0.2, -0.15) is 0 Å². The molecule has 0 saturated carbocycles. The zero-order valence-electron chi connectivity index (χ0n) is 11.9. The third-order valence-electron chi connectivity index (χ3n) is 3.28. The molecular formula is C15H21N3O2. The van der Waals surface area contributed by atoms with E-state index in [1.54, 1.807) is 13.3 Å². The maximum atomic E-state index is 9.12. The van der Waals surface area contributed by atoms with Gasteiger partial charge in [0.1, 0.15) is 0 Å². The molecule has 0 fully saturated rings. The molecule has 5 heteroatoms. The number of aliphatic hydroxyl groups is 1. The number of pyridine rings is 1. The van der Waals surface area contributed by atoms with Gasteiger partial charge in [0, 0.05) is 47.8 Å². The van der Waals surface area contributed by atoms with Crippen LogP contribution in [0, 0.1) is 6.92 Å². The van der Waals surface area contributed by atoms with Gasteiger partial charge in [-0.1, -0.05) is 0 Å². The Bertz CT molecular complexity index is 581. The number of nitrogens with zero attached hydrogens (tertiary/aromatic N) is 1. The van der Waals surface area contributed by atoms with E-state index in [1.165, 1.54) is 0 Å². The van der Waals surface area contributed by atoms with E-state index in [4.69, 9.17) is 15.6 Å². The molecule has 5 nitrogen and oxygen atoms in total. The second-order valence-corrected chi connectivity index (χ2v) is 4.88. The van der Waals surface area contributed by atoms with Crippen molar-refractivity contribution in [3.05, 3.63) is 30.1 Å². The van der Waals surface area contributed by atoms with E-state index < -0.39 is 0 Å². The van der Waals surface area contributed by atoms with E-state index in [2.05, 4.69) is 10.3 Å². The predicted molar refractivity (Wildman–Crippen MR) is 81.9 cm³/mol. The van der Waals surface area contributed by atoms with Gasteiger partial charge in [0.05, 0.1) is 12.6 Å². The molecule has 1 aromatic heterocycles. The molecule has 0 aliphatic rings. The second kappa shape index (κ2) is 6.54. The summed E-state index contributed by atoms with van der Waals surface area (Å²) in [5.41, 5.74) is 8.63. The number of benzene rings is 1. The first-order valence-electron chi connectivity index (χ1n) is 6.67. The first-order valence-corrected chi connectivity index (χ1v) is 6.67. The van der Waals surface area contributed by atoms with Gasteiger partial charge in [0.25, 0.3) is 0 Å². The number of nitrogens with two attached hydrogens (primary N) is 1. The minimum Gasteiger partial charge on any atom is -0.398 e. The smallest absolute Gasteiger partial charge is 0.0664 e. The molecular weight excluding hydrogens is 254 g/mol. The van der Waals surface area contributed by atoms with Crippen LogP contribution in [0.1, 0.15) is 12.1 Å². The molecule has 1 heterocycles. The summed E-state index contributed by atoms with van der Waals surface area (Å²) in [6.45, 7) is 2.61. The summed E-state index contributed by atoms with van der Waals surface area (Å²) in [5.74, 6) is 0. The van der Waals surface area contributed by atoms with Gasteiger partial charge in [-0.25, -0.2) is 0 Å². The summed E-state index contributed by atoms with van der Waals surface area (Å²) >= 11 is 0. The molecule has 0 amide bonds. The monoisotopic (exact) mass is 275 g/mol. The number of hydrogen-bond acceptors (Lipinski definition) is 5. The van der Waals surface area contributed by atoms with Crippen LogP contribution in [0.5, 0.6) is 0 Å². The number of anilines is 2. The van der Waals surface area contributed by atoms with Crippen molar-refractivity contribution < 1.29 is 9.84 Å². The molecule has 20 heavy (non-hydrogen) atoms. The molecule has 0 aliphatic heterocycles. The fraction of sp³-hybridized carbons (Fsp3) is 0.400. The molecule has 1 atom stereocenters. The molecule has 0 aliphatic carbocycles. The Labute approximate surface area is 118 Å². The zero-order valence-corrected chi connectivity index (χ0v) is 11.9. The fourth-order valence-corrected chi connectivity index (χ4v) is 2.27. The lowest BCUT2D eigenvalue weighted by atomic mass is 10.1. The molecule has 0 saturated heterocycles. The summed E-state index contributed by atoms with van der Waals surface area (Å²) in [4.78, 5) is 4.29. The van der Waals surface area contributed by atoms with Gasteiger partial charge in [-0.3, -0.25) is 4.98 Å². The molecule has 4 N–H and O–H groups in total. The Hall–Kier alpha value is -1.85. The second-order valence-electron chi connectivity index (χ2n) is 4.88.